The zero-order valence-electron chi connectivity index (χ0n) is 15.9. The van der Waals surface area contributed by atoms with E-state index in [0.717, 1.165) is 35.3 Å². The van der Waals surface area contributed by atoms with Crippen LogP contribution in [0.15, 0.2) is 45.7 Å². The Morgan fingerprint density at radius 3 is 2.55 bits per heavy atom. The van der Waals surface area contributed by atoms with Crippen LogP contribution in [-0.2, 0) is 16.1 Å². The lowest BCUT2D eigenvalue weighted by Crippen LogP contribution is -2.27. The molecule has 0 atom stereocenters. The van der Waals surface area contributed by atoms with Crippen LogP contribution >= 0.6 is 11.8 Å². The van der Waals surface area contributed by atoms with E-state index in [2.05, 4.69) is 9.64 Å². The number of carbonyl (C=O) groups is 3. The Hall–Kier alpha value is -3.00. The van der Waals surface area contributed by atoms with Crippen molar-refractivity contribution in [3.8, 4) is 0 Å². The number of methoxy groups -OCH3 is 1. The lowest BCUT2D eigenvalue weighted by atomic mass is 10.2. The Morgan fingerprint density at radius 2 is 1.86 bits per heavy atom. The number of carbonyl (C=O) groups excluding carboxylic acids is 3. The number of nitrogens with zero attached hydrogens (tertiary/aromatic N) is 2. The van der Waals surface area contributed by atoms with E-state index in [4.69, 9.17) is 4.42 Å². The number of anilines is 1. The first kappa shape index (κ1) is 19.3. The highest BCUT2D eigenvalue weighted by atomic mass is 32.2. The summed E-state index contributed by atoms with van der Waals surface area (Å²) in [4.78, 5) is 40.3. The van der Waals surface area contributed by atoms with Gasteiger partial charge in [-0.05, 0) is 60.5 Å². The van der Waals surface area contributed by atoms with E-state index < -0.39 is 5.97 Å². The lowest BCUT2D eigenvalue weighted by Gasteiger charge is -2.17. The fourth-order valence-corrected chi connectivity index (χ4v) is 4.21. The van der Waals surface area contributed by atoms with Crippen molar-refractivity contribution in [2.75, 3.05) is 25.1 Å². The number of hydrogen-bond donors (Lipinski definition) is 0. The summed E-state index contributed by atoms with van der Waals surface area (Å²) in [7, 11) is 1.25. The number of ether oxygens (including phenoxy) is 1. The van der Waals surface area contributed by atoms with Crippen molar-refractivity contribution in [2.24, 2.45) is 0 Å². The fourth-order valence-electron chi connectivity index (χ4n) is 3.37. The Bertz CT molecular complexity index is 973. The van der Waals surface area contributed by atoms with E-state index in [1.165, 1.54) is 31.7 Å². The van der Waals surface area contributed by atoms with Gasteiger partial charge in [-0.25, -0.2) is 4.79 Å². The topological polar surface area (TPSA) is 80.1 Å². The van der Waals surface area contributed by atoms with E-state index in [-0.39, 0.29) is 23.5 Å². The van der Waals surface area contributed by atoms with Gasteiger partial charge in [-0.3, -0.25) is 14.5 Å². The van der Waals surface area contributed by atoms with Gasteiger partial charge in [-0.15, -0.1) is 0 Å². The van der Waals surface area contributed by atoms with Gasteiger partial charge in [-0.2, -0.15) is 0 Å². The summed E-state index contributed by atoms with van der Waals surface area (Å²) >= 11 is 0.898. The smallest absolute Gasteiger partial charge is 0.373 e. The molecule has 0 bridgehead atoms. The Kier molecular flexibility index (Phi) is 5.44. The van der Waals surface area contributed by atoms with Crippen LogP contribution in [0.2, 0.25) is 0 Å². The molecule has 0 aliphatic carbocycles. The first-order valence-corrected chi connectivity index (χ1v) is 10.1. The lowest BCUT2D eigenvalue weighted by molar-refractivity contribution is -0.123. The van der Waals surface area contributed by atoms with Gasteiger partial charge in [0.25, 0.3) is 11.1 Å². The monoisotopic (exact) mass is 412 g/mol. The SMILES string of the molecule is COC(=O)c1ccc(CN2C(=O)S/C(=C/c3ccc(N4CCCC4)cc3)C2=O)o1. The third kappa shape index (κ3) is 4.07. The molecule has 4 rings (SSSR count). The molecule has 0 N–H and O–H groups in total. The molecule has 2 saturated heterocycles. The normalized spacial score (nSPS) is 18.2. The van der Waals surface area contributed by atoms with Crippen LogP contribution < -0.4 is 4.90 Å². The zero-order chi connectivity index (χ0) is 20.4. The van der Waals surface area contributed by atoms with E-state index in [9.17, 15) is 14.4 Å². The molecule has 2 aromatic rings. The number of thioether (sulfide) groups is 1. The minimum atomic E-state index is -0.609. The summed E-state index contributed by atoms with van der Waals surface area (Å²) in [5.74, 6) is -0.616. The highest BCUT2D eigenvalue weighted by molar-refractivity contribution is 8.18. The quantitative estimate of drug-likeness (QED) is 0.544. The third-order valence-electron chi connectivity index (χ3n) is 4.90. The van der Waals surface area contributed by atoms with Gasteiger partial charge in [-0.1, -0.05) is 12.1 Å². The van der Waals surface area contributed by atoms with Gasteiger partial charge >= 0.3 is 5.97 Å². The van der Waals surface area contributed by atoms with Crippen molar-refractivity contribution in [3.63, 3.8) is 0 Å². The van der Waals surface area contributed by atoms with Crippen LogP contribution in [0.25, 0.3) is 6.08 Å². The molecule has 2 fully saturated rings. The summed E-state index contributed by atoms with van der Waals surface area (Å²) in [6, 6.07) is 11.0. The van der Waals surface area contributed by atoms with Crippen molar-refractivity contribution in [1.82, 2.24) is 4.90 Å². The highest BCUT2D eigenvalue weighted by Gasteiger charge is 2.35. The summed E-state index contributed by atoms with van der Waals surface area (Å²) in [5.41, 5.74) is 2.04. The van der Waals surface area contributed by atoms with Crippen LogP contribution in [0, 0.1) is 0 Å². The fraction of sp³-hybridized carbons (Fsp3) is 0.286. The molecule has 150 valence electrons. The van der Waals surface area contributed by atoms with Crippen molar-refractivity contribution >= 4 is 40.6 Å². The molecule has 29 heavy (non-hydrogen) atoms. The molecule has 1 aromatic heterocycles. The van der Waals surface area contributed by atoms with Crippen LogP contribution in [0.1, 0.15) is 34.7 Å². The molecule has 0 unspecified atom stereocenters. The van der Waals surface area contributed by atoms with Gasteiger partial charge in [0.1, 0.15) is 5.76 Å². The molecule has 0 radical (unpaired) electrons. The van der Waals surface area contributed by atoms with Crippen LogP contribution in [-0.4, -0.2) is 42.2 Å². The maximum Gasteiger partial charge on any atom is 0.373 e. The molecule has 7 nitrogen and oxygen atoms in total. The maximum absolute atomic E-state index is 12.7. The highest BCUT2D eigenvalue weighted by Crippen LogP contribution is 2.34. The van der Waals surface area contributed by atoms with Crippen LogP contribution in [0.4, 0.5) is 10.5 Å². The second-order valence-electron chi connectivity index (χ2n) is 6.81. The number of benzene rings is 1. The van der Waals surface area contributed by atoms with Crippen molar-refractivity contribution < 1.29 is 23.5 Å². The number of imide groups is 1. The maximum atomic E-state index is 12.7. The number of esters is 1. The van der Waals surface area contributed by atoms with E-state index in [0.29, 0.717) is 10.7 Å². The molecular weight excluding hydrogens is 392 g/mol. The van der Waals surface area contributed by atoms with Crippen LogP contribution in [0.5, 0.6) is 0 Å². The summed E-state index contributed by atoms with van der Waals surface area (Å²) in [5, 5.41) is -0.369. The van der Waals surface area contributed by atoms with Gasteiger partial charge in [0.15, 0.2) is 0 Å². The summed E-state index contributed by atoms with van der Waals surface area (Å²) in [6.07, 6.45) is 4.15. The Morgan fingerprint density at radius 1 is 1.14 bits per heavy atom. The standard InChI is InChI=1S/C21H20N2O5S/c1-27-20(25)17-9-8-16(28-17)13-23-19(24)18(29-21(23)26)12-14-4-6-15(7-5-14)22-10-2-3-11-22/h4-9,12H,2-3,10-11,13H2,1H3/b18-12+. The molecular formula is C21H20N2O5S. The average molecular weight is 412 g/mol. The molecule has 2 aliphatic rings. The largest absolute Gasteiger partial charge is 0.463 e. The van der Waals surface area contributed by atoms with Gasteiger partial charge < -0.3 is 14.1 Å². The van der Waals surface area contributed by atoms with Gasteiger partial charge in [0.05, 0.1) is 18.6 Å². The van der Waals surface area contributed by atoms with E-state index in [1.54, 1.807) is 12.1 Å². The van der Waals surface area contributed by atoms with Crippen LogP contribution in [0.3, 0.4) is 0 Å². The number of rotatable bonds is 5. The van der Waals surface area contributed by atoms with E-state index >= 15 is 0 Å². The van der Waals surface area contributed by atoms with Crippen molar-refractivity contribution in [1.29, 1.82) is 0 Å². The zero-order valence-corrected chi connectivity index (χ0v) is 16.7. The number of hydrogen-bond acceptors (Lipinski definition) is 7. The van der Waals surface area contributed by atoms with Gasteiger partial charge in [0.2, 0.25) is 5.76 Å². The summed E-state index contributed by atoms with van der Waals surface area (Å²) < 4.78 is 9.95. The van der Waals surface area contributed by atoms with Crippen molar-refractivity contribution in [2.45, 2.75) is 19.4 Å². The predicted octanol–water partition coefficient (Wildman–Crippen LogP) is 3.90. The molecule has 2 aliphatic heterocycles. The molecule has 3 heterocycles. The predicted molar refractivity (Wildman–Crippen MR) is 109 cm³/mol. The molecule has 1 aromatic carbocycles. The first-order valence-electron chi connectivity index (χ1n) is 9.32. The minimum Gasteiger partial charge on any atom is -0.463 e. The second-order valence-corrected chi connectivity index (χ2v) is 7.80. The Balaban J connectivity index is 1.46. The molecule has 0 saturated carbocycles. The molecule has 0 spiro atoms. The second kappa shape index (κ2) is 8.16. The average Bonchev–Trinajstić information content (AvgIpc) is 3.47. The number of furan rings is 1. The molecule has 2 amide bonds. The van der Waals surface area contributed by atoms with Gasteiger partial charge in [0, 0.05) is 18.8 Å². The third-order valence-corrected chi connectivity index (χ3v) is 5.81. The van der Waals surface area contributed by atoms with Crippen molar-refractivity contribution in [3.05, 3.63) is 58.4 Å². The molecule has 8 heteroatoms. The Labute approximate surface area is 172 Å². The first-order chi connectivity index (χ1) is 14.0. The summed E-state index contributed by atoms with van der Waals surface area (Å²) in [6.45, 7) is 2.11. The number of amides is 2. The minimum absolute atomic E-state index is 0.0307. The van der Waals surface area contributed by atoms with E-state index in [1.807, 2.05) is 24.3 Å².